The van der Waals surface area contributed by atoms with Gasteiger partial charge in [-0.1, -0.05) is 44.4 Å². The molecule has 2 atom stereocenters. The Morgan fingerprint density at radius 3 is 2.42 bits per heavy atom. The number of anilines is 1. The van der Waals surface area contributed by atoms with E-state index in [-0.39, 0.29) is 29.9 Å². The molecular weight excluding hydrogens is 302 g/mol. The minimum Gasteiger partial charge on any atom is -0.299 e. The van der Waals surface area contributed by atoms with E-state index in [1.165, 1.54) is 4.90 Å². The van der Waals surface area contributed by atoms with Crippen LogP contribution in [0.25, 0.3) is 0 Å². The maximum absolute atomic E-state index is 12.8. The first-order valence-electron chi connectivity index (χ1n) is 8.95. The monoisotopic (exact) mass is 329 g/mol. The number of nitrogens with zero attached hydrogens (tertiary/aromatic N) is 1. The Bertz CT molecular complexity index is 606. The highest BCUT2D eigenvalue weighted by Gasteiger charge is 2.45. The van der Waals surface area contributed by atoms with Crippen LogP contribution in [0.4, 0.5) is 5.69 Å². The quantitative estimate of drug-likeness (QED) is 0.676. The minimum atomic E-state index is -0.497. The second-order valence-corrected chi connectivity index (χ2v) is 6.68. The summed E-state index contributed by atoms with van der Waals surface area (Å²) in [6.07, 6.45) is 3.96. The summed E-state index contributed by atoms with van der Waals surface area (Å²) in [7, 11) is 0. The molecule has 4 heteroatoms. The second-order valence-electron chi connectivity index (χ2n) is 6.68. The van der Waals surface area contributed by atoms with Gasteiger partial charge in [-0.25, -0.2) is 0 Å². The number of aryl methyl sites for hydroxylation is 1. The van der Waals surface area contributed by atoms with Crippen molar-refractivity contribution in [2.45, 2.75) is 59.3 Å². The smallest absolute Gasteiger partial charge is 0.238 e. The molecule has 0 aliphatic carbocycles. The molecular formula is C20H27NO3. The zero-order valence-corrected chi connectivity index (χ0v) is 14.9. The number of hydrogen-bond acceptors (Lipinski definition) is 3. The van der Waals surface area contributed by atoms with E-state index in [2.05, 4.69) is 0 Å². The van der Waals surface area contributed by atoms with E-state index in [0.29, 0.717) is 18.5 Å². The first kappa shape index (κ1) is 18.4. The Kier molecular flexibility index (Phi) is 6.29. The van der Waals surface area contributed by atoms with Crippen molar-refractivity contribution in [2.75, 3.05) is 4.90 Å². The van der Waals surface area contributed by atoms with Crippen LogP contribution in [-0.4, -0.2) is 17.6 Å². The van der Waals surface area contributed by atoms with Crippen LogP contribution >= 0.6 is 0 Å². The number of hydrogen-bond donors (Lipinski definition) is 0. The Morgan fingerprint density at radius 1 is 1.17 bits per heavy atom. The summed E-state index contributed by atoms with van der Waals surface area (Å²) < 4.78 is 0. The number of benzene rings is 1. The molecule has 1 saturated heterocycles. The van der Waals surface area contributed by atoms with Gasteiger partial charge in [0.25, 0.3) is 0 Å². The van der Waals surface area contributed by atoms with Crippen molar-refractivity contribution in [1.29, 1.82) is 0 Å². The van der Waals surface area contributed by atoms with Gasteiger partial charge in [0.2, 0.25) is 11.8 Å². The Morgan fingerprint density at radius 2 is 1.83 bits per heavy atom. The van der Waals surface area contributed by atoms with Crippen molar-refractivity contribution < 1.29 is 14.4 Å². The number of carbonyl (C=O) groups excluding carboxylic acids is 3. The van der Waals surface area contributed by atoms with E-state index in [1.54, 1.807) is 12.1 Å². The molecule has 1 aliphatic rings. The van der Waals surface area contributed by atoms with Crippen LogP contribution in [0.15, 0.2) is 24.3 Å². The lowest BCUT2D eigenvalue weighted by molar-refractivity contribution is -0.131. The van der Waals surface area contributed by atoms with Gasteiger partial charge in [-0.3, -0.25) is 19.3 Å². The number of amides is 2. The summed E-state index contributed by atoms with van der Waals surface area (Å²) in [5, 5.41) is 0. The number of ketones is 1. The van der Waals surface area contributed by atoms with Gasteiger partial charge < -0.3 is 0 Å². The Balaban J connectivity index is 2.21. The molecule has 130 valence electrons. The largest absolute Gasteiger partial charge is 0.299 e. The minimum absolute atomic E-state index is 0.135. The van der Waals surface area contributed by atoms with Crippen molar-refractivity contribution >= 4 is 23.3 Å². The van der Waals surface area contributed by atoms with Crippen molar-refractivity contribution in [3.8, 4) is 0 Å². The SMILES string of the molecule is CCCCC(=O)C(CCC)C1CC(=O)N(c2ccc(C)cc2)C1=O. The molecule has 2 amide bonds. The molecule has 2 rings (SSSR count). The third-order valence-corrected chi connectivity index (χ3v) is 4.75. The summed E-state index contributed by atoms with van der Waals surface area (Å²) >= 11 is 0. The highest BCUT2D eigenvalue weighted by Crippen LogP contribution is 2.34. The molecule has 0 spiro atoms. The predicted molar refractivity (Wildman–Crippen MR) is 94.7 cm³/mol. The van der Waals surface area contributed by atoms with Gasteiger partial charge in [0.05, 0.1) is 11.6 Å². The summed E-state index contributed by atoms with van der Waals surface area (Å²) in [4.78, 5) is 39.1. The highest BCUT2D eigenvalue weighted by molar-refractivity contribution is 6.21. The van der Waals surface area contributed by atoms with Gasteiger partial charge in [-0.15, -0.1) is 0 Å². The first-order valence-corrected chi connectivity index (χ1v) is 8.95. The van der Waals surface area contributed by atoms with Crippen molar-refractivity contribution in [3.05, 3.63) is 29.8 Å². The molecule has 0 radical (unpaired) electrons. The lowest BCUT2D eigenvalue weighted by Crippen LogP contribution is -2.34. The van der Waals surface area contributed by atoms with Gasteiger partial charge in [-0.2, -0.15) is 0 Å². The fourth-order valence-corrected chi connectivity index (χ4v) is 3.37. The van der Waals surface area contributed by atoms with Crippen molar-refractivity contribution in [1.82, 2.24) is 0 Å². The van der Waals surface area contributed by atoms with Gasteiger partial charge in [-0.05, 0) is 31.9 Å². The number of unbranched alkanes of at least 4 members (excludes halogenated alkanes) is 1. The molecule has 1 fully saturated rings. The van der Waals surface area contributed by atoms with E-state index in [4.69, 9.17) is 0 Å². The number of Topliss-reactive ketones (excluding diaryl/α,β-unsaturated/α-hetero) is 1. The van der Waals surface area contributed by atoms with Crippen LogP contribution in [0, 0.1) is 18.8 Å². The van der Waals surface area contributed by atoms with Crippen molar-refractivity contribution in [2.24, 2.45) is 11.8 Å². The van der Waals surface area contributed by atoms with E-state index in [9.17, 15) is 14.4 Å². The van der Waals surface area contributed by atoms with Gasteiger partial charge in [0.1, 0.15) is 5.78 Å². The lowest BCUT2D eigenvalue weighted by atomic mass is 9.82. The van der Waals surface area contributed by atoms with Gasteiger partial charge in [0, 0.05) is 18.8 Å². The van der Waals surface area contributed by atoms with Crippen LogP contribution in [-0.2, 0) is 14.4 Å². The molecule has 24 heavy (non-hydrogen) atoms. The molecule has 1 aromatic rings. The fraction of sp³-hybridized carbons (Fsp3) is 0.550. The third-order valence-electron chi connectivity index (χ3n) is 4.75. The van der Waals surface area contributed by atoms with E-state index >= 15 is 0 Å². The molecule has 1 heterocycles. The van der Waals surface area contributed by atoms with Crippen LogP contribution in [0.2, 0.25) is 0 Å². The summed E-state index contributed by atoms with van der Waals surface area (Å²) in [6.45, 7) is 6.02. The third kappa shape index (κ3) is 3.92. The normalized spacial score (nSPS) is 19.0. The zero-order valence-electron chi connectivity index (χ0n) is 14.9. The second kappa shape index (κ2) is 8.22. The topological polar surface area (TPSA) is 54.5 Å². The molecule has 0 aromatic heterocycles. The van der Waals surface area contributed by atoms with E-state index < -0.39 is 5.92 Å². The summed E-state index contributed by atoms with van der Waals surface area (Å²) in [5.41, 5.74) is 1.68. The maximum atomic E-state index is 12.8. The predicted octanol–water partition coefficient (Wildman–Crippen LogP) is 4.05. The molecule has 4 nitrogen and oxygen atoms in total. The van der Waals surface area contributed by atoms with Crippen LogP contribution in [0.3, 0.4) is 0 Å². The van der Waals surface area contributed by atoms with Crippen molar-refractivity contribution in [3.63, 3.8) is 0 Å². The molecule has 0 N–H and O–H groups in total. The van der Waals surface area contributed by atoms with E-state index in [0.717, 1.165) is 24.8 Å². The maximum Gasteiger partial charge on any atom is 0.238 e. The molecule has 1 aromatic carbocycles. The summed E-state index contributed by atoms with van der Waals surface area (Å²) in [5.74, 6) is -1.10. The first-order chi connectivity index (χ1) is 11.5. The van der Waals surface area contributed by atoms with Crippen LogP contribution < -0.4 is 4.90 Å². The average Bonchev–Trinajstić information content (AvgIpc) is 2.86. The molecule has 0 bridgehead atoms. The lowest BCUT2D eigenvalue weighted by Gasteiger charge is -2.21. The number of rotatable bonds is 8. The molecule has 1 aliphatic heterocycles. The number of imide groups is 1. The summed E-state index contributed by atoms with van der Waals surface area (Å²) in [6, 6.07) is 7.36. The molecule has 2 unspecified atom stereocenters. The van der Waals surface area contributed by atoms with Gasteiger partial charge >= 0.3 is 0 Å². The standard InChI is InChI=1S/C20H27NO3/c1-4-6-8-18(22)16(7-5-2)17-13-19(23)21(20(17)24)15-11-9-14(3)10-12-15/h9-12,16-17H,4-8,13H2,1-3H3. The molecule has 0 saturated carbocycles. The van der Waals surface area contributed by atoms with Crippen LogP contribution in [0.1, 0.15) is 57.9 Å². The fourth-order valence-electron chi connectivity index (χ4n) is 3.37. The van der Waals surface area contributed by atoms with E-state index in [1.807, 2.05) is 32.9 Å². The van der Waals surface area contributed by atoms with Gasteiger partial charge in [0.15, 0.2) is 0 Å². The Labute approximate surface area is 144 Å². The zero-order chi connectivity index (χ0) is 17.7. The van der Waals surface area contributed by atoms with Crippen LogP contribution in [0.5, 0.6) is 0 Å². The highest BCUT2D eigenvalue weighted by atomic mass is 16.2. The average molecular weight is 329 g/mol. The number of carbonyl (C=O) groups is 3. The Hall–Kier alpha value is -1.97.